The molecular formula is C13H24N2O3. The second-order valence-corrected chi connectivity index (χ2v) is 5.11. The van der Waals surface area contributed by atoms with Gasteiger partial charge in [0.25, 0.3) is 0 Å². The molecule has 4 N–H and O–H groups in total. The van der Waals surface area contributed by atoms with Gasteiger partial charge in [0.2, 0.25) is 5.91 Å². The van der Waals surface area contributed by atoms with Crippen molar-refractivity contribution in [3.8, 4) is 0 Å². The van der Waals surface area contributed by atoms with E-state index in [0.717, 1.165) is 38.5 Å². The number of rotatable bonds is 7. The zero-order chi connectivity index (χ0) is 13.4. The quantitative estimate of drug-likeness (QED) is 0.598. The molecule has 1 aliphatic carbocycles. The second kappa shape index (κ2) is 8.08. The Hall–Kier alpha value is -1.10. The highest BCUT2D eigenvalue weighted by Crippen LogP contribution is 2.23. The summed E-state index contributed by atoms with van der Waals surface area (Å²) in [7, 11) is 0. The summed E-state index contributed by atoms with van der Waals surface area (Å²) < 4.78 is 0. The Bertz CT molecular complexity index is 273. The van der Waals surface area contributed by atoms with E-state index in [4.69, 9.17) is 10.8 Å². The summed E-state index contributed by atoms with van der Waals surface area (Å²) in [5.41, 5.74) is 5.80. The van der Waals surface area contributed by atoms with Crippen LogP contribution in [-0.4, -0.2) is 29.6 Å². The number of nitrogens with one attached hydrogen (secondary N) is 1. The second-order valence-electron chi connectivity index (χ2n) is 5.11. The first-order valence-corrected chi connectivity index (χ1v) is 6.84. The Labute approximate surface area is 108 Å². The van der Waals surface area contributed by atoms with Crippen LogP contribution in [0.5, 0.6) is 0 Å². The van der Waals surface area contributed by atoms with Crippen molar-refractivity contribution in [2.75, 3.05) is 6.54 Å². The number of carboxylic acid groups (broad SMARTS) is 1. The van der Waals surface area contributed by atoms with Crippen molar-refractivity contribution in [3.63, 3.8) is 0 Å². The first-order valence-electron chi connectivity index (χ1n) is 6.84. The molecule has 0 atom stereocenters. The van der Waals surface area contributed by atoms with Crippen LogP contribution < -0.4 is 11.1 Å². The van der Waals surface area contributed by atoms with Crippen LogP contribution in [0, 0.1) is 5.92 Å². The predicted octanol–water partition coefficient (Wildman–Crippen LogP) is 1.27. The molecule has 0 aromatic heterocycles. The Balaban J connectivity index is 2.01. The number of carboxylic acids is 1. The SMILES string of the molecule is NC1CCC(C(=O)NCCCCCC(=O)O)CC1. The van der Waals surface area contributed by atoms with Crippen molar-refractivity contribution < 1.29 is 14.7 Å². The molecule has 0 radical (unpaired) electrons. The molecule has 104 valence electrons. The van der Waals surface area contributed by atoms with Crippen LogP contribution >= 0.6 is 0 Å². The fraction of sp³-hybridized carbons (Fsp3) is 0.846. The number of hydrogen-bond acceptors (Lipinski definition) is 3. The van der Waals surface area contributed by atoms with Crippen LogP contribution in [0.3, 0.4) is 0 Å². The number of amides is 1. The molecule has 0 aromatic carbocycles. The standard InChI is InChI=1S/C13H24N2O3/c14-11-7-5-10(6-8-11)13(18)15-9-3-1-2-4-12(16)17/h10-11H,1-9,14H2,(H,15,18)(H,16,17). The van der Waals surface area contributed by atoms with E-state index in [1.54, 1.807) is 0 Å². The largest absolute Gasteiger partial charge is 0.481 e. The van der Waals surface area contributed by atoms with Crippen LogP contribution in [0.25, 0.3) is 0 Å². The minimum absolute atomic E-state index is 0.129. The van der Waals surface area contributed by atoms with Gasteiger partial charge in [-0.15, -0.1) is 0 Å². The van der Waals surface area contributed by atoms with Gasteiger partial charge in [0.1, 0.15) is 0 Å². The van der Waals surface area contributed by atoms with E-state index in [0.29, 0.717) is 13.0 Å². The number of unbranched alkanes of at least 4 members (excludes halogenated alkanes) is 2. The molecule has 5 heteroatoms. The maximum atomic E-state index is 11.8. The Morgan fingerprint density at radius 1 is 1.11 bits per heavy atom. The van der Waals surface area contributed by atoms with Crippen LogP contribution in [0.1, 0.15) is 51.4 Å². The van der Waals surface area contributed by atoms with Gasteiger partial charge in [-0.3, -0.25) is 9.59 Å². The third kappa shape index (κ3) is 6.00. The third-order valence-electron chi connectivity index (χ3n) is 3.51. The summed E-state index contributed by atoms with van der Waals surface area (Å²) >= 11 is 0. The van der Waals surface area contributed by atoms with Gasteiger partial charge in [0.15, 0.2) is 0 Å². The van der Waals surface area contributed by atoms with Crippen LogP contribution in [0.2, 0.25) is 0 Å². The molecule has 0 heterocycles. The molecule has 1 fully saturated rings. The Kier molecular flexibility index (Phi) is 6.72. The van der Waals surface area contributed by atoms with Gasteiger partial charge < -0.3 is 16.2 Å². The first-order chi connectivity index (χ1) is 8.59. The summed E-state index contributed by atoms with van der Waals surface area (Å²) in [5.74, 6) is -0.485. The molecule has 0 aromatic rings. The third-order valence-corrected chi connectivity index (χ3v) is 3.51. The minimum atomic E-state index is -0.752. The molecule has 18 heavy (non-hydrogen) atoms. The molecule has 1 saturated carbocycles. The summed E-state index contributed by atoms with van der Waals surface area (Å²) in [5, 5.41) is 11.4. The highest BCUT2D eigenvalue weighted by Gasteiger charge is 2.23. The minimum Gasteiger partial charge on any atom is -0.481 e. The number of nitrogens with two attached hydrogens (primary N) is 1. The van der Waals surface area contributed by atoms with E-state index in [2.05, 4.69) is 5.32 Å². The highest BCUT2D eigenvalue weighted by molar-refractivity contribution is 5.78. The van der Waals surface area contributed by atoms with Gasteiger partial charge in [-0.2, -0.15) is 0 Å². The molecule has 1 aliphatic rings. The van der Waals surface area contributed by atoms with E-state index < -0.39 is 5.97 Å². The van der Waals surface area contributed by atoms with Crippen molar-refractivity contribution in [3.05, 3.63) is 0 Å². The maximum Gasteiger partial charge on any atom is 0.303 e. The Morgan fingerprint density at radius 3 is 2.39 bits per heavy atom. The van der Waals surface area contributed by atoms with Crippen molar-refractivity contribution in [2.24, 2.45) is 11.7 Å². The zero-order valence-corrected chi connectivity index (χ0v) is 10.9. The van der Waals surface area contributed by atoms with Gasteiger partial charge in [0, 0.05) is 24.9 Å². The van der Waals surface area contributed by atoms with E-state index >= 15 is 0 Å². The van der Waals surface area contributed by atoms with Gasteiger partial charge in [-0.25, -0.2) is 0 Å². The first kappa shape index (κ1) is 15.0. The van der Waals surface area contributed by atoms with Gasteiger partial charge in [-0.05, 0) is 38.5 Å². The van der Waals surface area contributed by atoms with Crippen LogP contribution in [0.4, 0.5) is 0 Å². The molecule has 0 bridgehead atoms. The Morgan fingerprint density at radius 2 is 1.78 bits per heavy atom. The lowest BCUT2D eigenvalue weighted by atomic mass is 9.86. The maximum absolute atomic E-state index is 11.8. The molecule has 0 aliphatic heterocycles. The molecule has 0 spiro atoms. The fourth-order valence-electron chi connectivity index (χ4n) is 2.32. The smallest absolute Gasteiger partial charge is 0.303 e. The van der Waals surface area contributed by atoms with Crippen molar-refractivity contribution in [2.45, 2.75) is 57.4 Å². The summed E-state index contributed by atoms with van der Waals surface area (Å²) in [6.45, 7) is 0.654. The van der Waals surface area contributed by atoms with Gasteiger partial charge in [-0.1, -0.05) is 6.42 Å². The lowest BCUT2D eigenvalue weighted by Gasteiger charge is -2.25. The number of aliphatic carboxylic acids is 1. The lowest BCUT2D eigenvalue weighted by molar-refractivity contribution is -0.137. The van der Waals surface area contributed by atoms with E-state index in [-0.39, 0.29) is 24.3 Å². The fourth-order valence-corrected chi connectivity index (χ4v) is 2.32. The summed E-state index contributed by atoms with van der Waals surface area (Å²) in [4.78, 5) is 22.1. The predicted molar refractivity (Wildman–Crippen MR) is 69.0 cm³/mol. The average Bonchev–Trinajstić information content (AvgIpc) is 2.34. The van der Waals surface area contributed by atoms with E-state index in [1.165, 1.54) is 0 Å². The van der Waals surface area contributed by atoms with Gasteiger partial charge >= 0.3 is 5.97 Å². The number of carbonyl (C=O) groups is 2. The molecule has 0 unspecified atom stereocenters. The molecule has 1 rings (SSSR count). The van der Waals surface area contributed by atoms with E-state index in [1.807, 2.05) is 0 Å². The molecular weight excluding hydrogens is 232 g/mol. The van der Waals surface area contributed by atoms with Crippen LogP contribution in [0.15, 0.2) is 0 Å². The van der Waals surface area contributed by atoms with Crippen molar-refractivity contribution in [1.82, 2.24) is 5.32 Å². The van der Waals surface area contributed by atoms with Gasteiger partial charge in [0.05, 0.1) is 0 Å². The monoisotopic (exact) mass is 256 g/mol. The van der Waals surface area contributed by atoms with E-state index in [9.17, 15) is 9.59 Å². The average molecular weight is 256 g/mol. The normalized spacial score (nSPS) is 23.6. The molecule has 0 saturated heterocycles. The zero-order valence-electron chi connectivity index (χ0n) is 10.9. The molecule has 1 amide bonds. The van der Waals surface area contributed by atoms with Crippen molar-refractivity contribution in [1.29, 1.82) is 0 Å². The molecule has 5 nitrogen and oxygen atoms in total. The van der Waals surface area contributed by atoms with Crippen LogP contribution in [-0.2, 0) is 9.59 Å². The highest BCUT2D eigenvalue weighted by atomic mass is 16.4. The number of carbonyl (C=O) groups excluding carboxylic acids is 1. The topological polar surface area (TPSA) is 92.4 Å². The lowest BCUT2D eigenvalue weighted by Crippen LogP contribution is -2.36. The number of hydrogen-bond donors (Lipinski definition) is 3. The summed E-state index contributed by atoms with van der Waals surface area (Å²) in [6, 6.07) is 0.269. The van der Waals surface area contributed by atoms with Crippen molar-refractivity contribution >= 4 is 11.9 Å². The summed E-state index contributed by atoms with van der Waals surface area (Å²) in [6.07, 6.45) is 6.27.